The Labute approximate surface area is 84.1 Å². The van der Waals surface area contributed by atoms with E-state index >= 15 is 0 Å². The molecule has 78 valence electrons. The monoisotopic (exact) mass is 222 g/mol. The van der Waals surface area contributed by atoms with E-state index in [0.717, 1.165) is 19.3 Å². The van der Waals surface area contributed by atoms with E-state index in [0.29, 0.717) is 0 Å². The molecule has 0 aliphatic heterocycles. The number of hydrogen-bond acceptors (Lipinski definition) is 4. The van der Waals surface area contributed by atoms with Crippen molar-refractivity contribution >= 4 is 11.6 Å². The van der Waals surface area contributed by atoms with Gasteiger partial charge in [-0.05, 0) is 6.08 Å². The summed E-state index contributed by atoms with van der Waals surface area (Å²) in [7, 11) is 1.10. The molecule has 1 aliphatic rings. The number of alkyl halides is 2. The molecule has 7 heteroatoms. The highest BCUT2D eigenvalue weighted by Gasteiger charge is 2.43. The van der Waals surface area contributed by atoms with Crippen molar-refractivity contribution < 1.29 is 14.1 Å². The Morgan fingerprint density at radius 3 is 2.79 bits per heavy atom. The standard InChI is InChI=1S/C7H8ClFN2O3/c1-14-6-5(11(12)13)4(10)2-3-7(6,8)9/h2-4H,10H2,1H3. The Morgan fingerprint density at radius 1 is 1.86 bits per heavy atom. The van der Waals surface area contributed by atoms with Crippen LogP contribution in [0.15, 0.2) is 23.6 Å². The smallest absolute Gasteiger partial charge is 0.308 e. The molecular weight excluding hydrogens is 215 g/mol. The number of nitro groups is 1. The van der Waals surface area contributed by atoms with Gasteiger partial charge in [-0.1, -0.05) is 17.7 Å². The third-order valence-electron chi connectivity index (χ3n) is 1.76. The van der Waals surface area contributed by atoms with E-state index in [-0.39, 0.29) is 0 Å². The van der Waals surface area contributed by atoms with Gasteiger partial charge in [-0.2, -0.15) is 0 Å². The molecule has 2 atom stereocenters. The van der Waals surface area contributed by atoms with Crippen molar-refractivity contribution in [2.45, 2.75) is 11.2 Å². The number of allylic oxidation sites excluding steroid dienone is 1. The van der Waals surface area contributed by atoms with Crippen LogP contribution in [0.5, 0.6) is 0 Å². The Hall–Kier alpha value is -1.14. The van der Waals surface area contributed by atoms with Gasteiger partial charge >= 0.3 is 5.70 Å². The predicted octanol–water partition coefficient (Wildman–Crippen LogP) is 0.923. The summed E-state index contributed by atoms with van der Waals surface area (Å²) in [5.74, 6) is -0.570. The van der Waals surface area contributed by atoms with E-state index < -0.39 is 27.5 Å². The van der Waals surface area contributed by atoms with E-state index in [1.807, 2.05) is 0 Å². The zero-order chi connectivity index (χ0) is 10.9. The average Bonchev–Trinajstić information content (AvgIpc) is 2.07. The highest BCUT2D eigenvalue weighted by molar-refractivity contribution is 6.26. The van der Waals surface area contributed by atoms with Gasteiger partial charge in [-0.15, -0.1) is 0 Å². The molecule has 0 fully saturated rings. The number of halogens is 2. The summed E-state index contributed by atoms with van der Waals surface area (Å²) in [5, 5.41) is 8.06. The minimum Gasteiger partial charge on any atom is -0.491 e. The molecule has 2 N–H and O–H groups in total. The third-order valence-corrected chi connectivity index (χ3v) is 2.06. The molecule has 0 aromatic carbocycles. The molecule has 2 unspecified atom stereocenters. The van der Waals surface area contributed by atoms with Gasteiger partial charge in [0.05, 0.1) is 12.0 Å². The highest BCUT2D eigenvalue weighted by Crippen LogP contribution is 2.35. The number of methoxy groups -OCH3 is 1. The molecule has 5 nitrogen and oxygen atoms in total. The molecule has 0 bridgehead atoms. The van der Waals surface area contributed by atoms with Gasteiger partial charge in [0.2, 0.25) is 5.76 Å². The lowest BCUT2D eigenvalue weighted by molar-refractivity contribution is -0.432. The van der Waals surface area contributed by atoms with E-state index in [2.05, 4.69) is 4.74 Å². The maximum atomic E-state index is 13.5. The van der Waals surface area contributed by atoms with Gasteiger partial charge in [0, 0.05) is 0 Å². The normalized spacial score (nSPS) is 31.9. The number of hydrogen-bond donors (Lipinski definition) is 1. The Morgan fingerprint density at radius 2 is 2.43 bits per heavy atom. The first kappa shape index (κ1) is 10.9. The van der Waals surface area contributed by atoms with Crippen LogP contribution in [-0.2, 0) is 4.74 Å². The second-order valence-corrected chi connectivity index (χ2v) is 3.23. The molecule has 1 rings (SSSR count). The number of ether oxygens (including phenoxy) is 1. The molecule has 0 aromatic heterocycles. The fourth-order valence-corrected chi connectivity index (χ4v) is 1.41. The summed E-state index contributed by atoms with van der Waals surface area (Å²) >= 11 is 5.35. The molecular formula is C7H8ClFN2O3. The van der Waals surface area contributed by atoms with Gasteiger partial charge in [0.25, 0.3) is 5.13 Å². The molecule has 0 amide bonds. The Bertz CT molecular complexity index is 327. The summed E-state index contributed by atoms with van der Waals surface area (Å²) < 4.78 is 18.0. The SMILES string of the molecule is COC1=C([N+](=O)[O-])C(N)C=CC1(F)Cl. The molecule has 1 aliphatic carbocycles. The minimum atomic E-state index is -2.49. The molecule has 0 heterocycles. The van der Waals surface area contributed by atoms with Crippen LogP contribution in [0.1, 0.15) is 0 Å². The van der Waals surface area contributed by atoms with Gasteiger partial charge in [0.15, 0.2) is 0 Å². The van der Waals surface area contributed by atoms with Crippen LogP contribution >= 0.6 is 11.6 Å². The summed E-state index contributed by atoms with van der Waals surface area (Å²) in [6, 6.07) is -1.01. The van der Waals surface area contributed by atoms with E-state index in [9.17, 15) is 14.5 Å². The quantitative estimate of drug-likeness (QED) is 0.326. The van der Waals surface area contributed by atoms with Gasteiger partial charge in [-0.3, -0.25) is 10.1 Å². The first-order valence-electron chi connectivity index (χ1n) is 3.66. The maximum Gasteiger partial charge on any atom is 0.308 e. The van der Waals surface area contributed by atoms with Gasteiger partial charge in [-0.25, -0.2) is 4.39 Å². The Kier molecular flexibility index (Phi) is 2.77. The average molecular weight is 223 g/mol. The predicted molar refractivity (Wildman–Crippen MR) is 47.8 cm³/mol. The summed E-state index contributed by atoms with van der Waals surface area (Å²) in [6.07, 6.45) is 2.04. The maximum absolute atomic E-state index is 13.5. The number of nitrogens with two attached hydrogens (primary N) is 1. The lowest BCUT2D eigenvalue weighted by atomic mass is 10.0. The first-order valence-corrected chi connectivity index (χ1v) is 4.03. The third kappa shape index (κ3) is 1.71. The van der Waals surface area contributed by atoms with Crippen LogP contribution in [0.4, 0.5) is 4.39 Å². The molecule has 0 saturated heterocycles. The van der Waals surface area contributed by atoms with Crippen molar-refractivity contribution in [2.75, 3.05) is 7.11 Å². The van der Waals surface area contributed by atoms with Crippen molar-refractivity contribution in [3.05, 3.63) is 33.7 Å². The zero-order valence-corrected chi connectivity index (χ0v) is 7.99. The van der Waals surface area contributed by atoms with Crippen molar-refractivity contribution in [3.8, 4) is 0 Å². The topological polar surface area (TPSA) is 78.4 Å². The van der Waals surface area contributed by atoms with Crippen LogP contribution < -0.4 is 5.73 Å². The van der Waals surface area contributed by atoms with Crippen LogP contribution in [0, 0.1) is 10.1 Å². The van der Waals surface area contributed by atoms with Crippen molar-refractivity contribution in [3.63, 3.8) is 0 Å². The fourth-order valence-electron chi connectivity index (χ4n) is 1.16. The molecule has 0 saturated carbocycles. The lowest BCUT2D eigenvalue weighted by Crippen LogP contribution is -2.35. The van der Waals surface area contributed by atoms with Crippen molar-refractivity contribution in [1.29, 1.82) is 0 Å². The van der Waals surface area contributed by atoms with Crippen molar-refractivity contribution in [2.24, 2.45) is 5.73 Å². The van der Waals surface area contributed by atoms with E-state index in [1.54, 1.807) is 0 Å². The van der Waals surface area contributed by atoms with Crippen LogP contribution in [-0.4, -0.2) is 23.2 Å². The van der Waals surface area contributed by atoms with Gasteiger partial charge in [0.1, 0.15) is 6.04 Å². The minimum absolute atomic E-state index is 0.562. The Balaban J connectivity index is 3.26. The van der Waals surface area contributed by atoms with Crippen LogP contribution in [0.25, 0.3) is 0 Å². The molecule has 0 radical (unpaired) electrons. The lowest BCUT2D eigenvalue weighted by Gasteiger charge is -2.22. The molecule has 0 spiro atoms. The molecule has 0 aromatic rings. The first-order chi connectivity index (χ1) is 6.40. The number of nitrogens with zero attached hydrogens (tertiary/aromatic N) is 1. The highest BCUT2D eigenvalue weighted by atomic mass is 35.5. The largest absolute Gasteiger partial charge is 0.491 e. The summed E-state index contributed by atoms with van der Waals surface area (Å²) in [6.45, 7) is 0. The van der Waals surface area contributed by atoms with Crippen LogP contribution in [0.2, 0.25) is 0 Å². The van der Waals surface area contributed by atoms with Crippen LogP contribution in [0.3, 0.4) is 0 Å². The van der Waals surface area contributed by atoms with E-state index in [4.69, 9.17) is 17.3 Å². The second-order valence-electron chi connectivity index (χ2n) is 2.68. The number of rotatable bonds is 2. The molecule has 14 heavy (non-hydrogen) atoms. The zero-order valence-electron chi connectivity index (χ0n) is 7.24. The van der Waals surface area contributed by atoms with E-state index in [1.165, 1.54) is 0 Å². The van der Waals surface area contributed by atoms with Crippen molar-refractivity contribution in [1.82, 2.24) is 0 Å². The second kappa shape index (κ2) is 3.55. The summed E-state index contributed by atoms with van der Waals surface area (Å²) in [5.41, 5.74) is 4.81. The van der Waals surface area contributed by atoms with Gasteiger partial charge < -0.3 is 10.5 Å². The summed E-state index contributed by atoms with van der Waals surface area (Å²) in [4.78, 5) is 9.75. The fraction of sp³-hybridized carbons (Fsp3) is 0.429.